The van der Waals surface area contributed by atoms with E-state index in [2.05, 4.69) is 4.98 Å². The van der Waals surface area contributed by atoms with Crippen molar-refractivity contribution >= 4 is 17.5 Å². The number of halogens is 1. The van der Waals surface area contributed by atoms with Gasteiger partial charge in [0, 0.05) is 44.8 Å². The molecule has 34 heavy (non-hydrogen) atoms. The molecule has 1 aromatic heterocycles. The summed E-state index contributed by atoms with van der Waals surface area (Å²) < 4.78 is 19.8. The molecule has 0 aliphatic carbocycles. The van der Waals surface area contributed by atoms with Crippen LogP contribution in [0.3, 0.4) is 0 Å². The van der Waals surface area contributed by atoms with Crippen molar-refractivity contribution in [2.75, 3.05) is 44.2 Å². The van der Waals surface area contributed by atoms with Crippen LogP contribution in [0.15, 0.2) is 59.3 Å². The first-order valence-corrected chi connectivity index (χ1v) is 11.7. The van der Waals surface area contributed by atoms with Crippen LogP contribution in [0, 0.1) is 5.82 Å². The predicted molar refractivity (Wildman–Crippen MR) is 126 cm³/mol. The van der Waals surface area contributed by atoms with Gasteiger partial charge >= 0.3 is 0 Å². The molecule has 7 nitrogen and oxygen atoms in total. The van der Waals surface area contributed by atoms with Gasteiger partial charge in [0.15, 0.2) is 17.8 Å². The lowest BCUT2D eigenvalue weighted by Gasteiger charge is -2.36. The summed E-state index contributed by atoms with van der Waals surface area (Å²) in [5.74, 6) is -0.265. The zero-order chi connectivity index (χ0) is 23.5. The third kappa shape index (κ3) is 4.27. The first-order valence-electron chi connectivity index (χ1n) is 11.7. The number of rotatable bonds is 4. The van der Waals surface area contributed by atoms with Gasteiger partial charge in [0.05, 0.1) is 11.3 Å². The molecule has 2 amide bonds. The second-order valence-electron chi connectivity index (χ2n) is 8.66. The lowest BCUT2D eigenvalue weighted by molar-refractivity contribution is 0.0720. The van der Waals surface area contributed by atoms with Crippen molar-refractivity contribution in [2.45, 2.75) is 19.3 Å². The Kier molecular flexibility index (Phi) is 6.29. The fraction of sp³-hybridized carbons (Fsp3) is 0.346. The van der Waals surface area contributed by atoms with E-state index in [9.17, 15) is 14.0 Å². The summed E-state index contributed by atoms with van der Waals surface area (Å²) in [6.45, 7) is 3.39. The third-order valence-corrected chi connectivity index (χ3v) is 6.58. The number of carbonyl (C=O) groups is 2. The van der Waals surface area contributed by atoms with E-state index >= 15 is 0 Å². The molecule has 0 atom stereocenters. The van der Waals surface area contributed by atoms with Crippen LogP contribution < -0.4 is 4.90 Å². The van der Waals surface area contributed by atoms with E-state index in [1.165, 1.54) is 12.5 Å². The molecule has 3 aromatic rings. The van der Waals surface area contributed by atoms with Crippen LogP contribution in [0.5, 0.6) is 0 Å². The van der Waals surface area contributed by atoms with Gasteiger partial charge in [0.25, 0.3) is 11.8 Å². The van der Waals surface area contributed by atoms with E-state index in [4.69, 9.17) is 4.42 Å². The second-order valence-corrected chi connectivity index (χ2v) is 8.66. The molecule has 0 saturated carbocycles. The van der Waals surface area contributed by atoms with Crippen molar-refractivity contribution in [3.05, 3.63) is 72.0 Å². The van der Waals surface area contributed by atoms with Crippen molar-refractivity contribution < 1.29 is 18.4 Å². The number of amides is 2. The van der Waals surface area contributed by atoms with Crippen molar-refractivity contribution in [3.8, 4) is 11.3 Å². The molecule has 0 unspecified atom stereocenters. The lowest BCUT2D eigenvalue weighted by Crippen LogP contribution is -2.49. The third-order valence-electron chi connectivity index (χ3n) is 6.58. The van der Waals surface area contributed by atoms with E-state index in [1.807, 2.05) is 21.9 Å². The number of piperidine rings is 1. The molecule has 0 spiro atoms. The largest absolute Gasteiger partial charge is 0.443 e. The molecular formula is C26H27FN4O3. The van der Waals surface area contributed by atoms with Crippen LogP contribution in [0.25, 0.3) is 11.3 Å². The number of aromatic nitrogens is 1. The molecule has 2 aromatic carbocycles. The monoisotopic (exact) mass is 462 g/mol. The van der Waals surface area contributed by atoms with Crippen LogP contribution in [0.2, 0.25) is 0 Å². The van der Waals surface area contributed by atoms with E-state index in [0.717, 1.165) is 32.4 Å². The van der Waals surface area contributed by atoms with Gasteiger partial charge in [-0.15, -0.1) is 0 Å². The first kappa shape index (κ1) is 22.1. The molecule has 5 rings (SSSR count). The molecule has 2 saturated heterocycles. The van der Waals surface area contributed by atoms with Crippen LogP contribution >= 0.6 is 0 Å². The normalized spacial score (nSPS) is 16.6. The Morgan fingerprint density at radius 2 is 1.47 bits per heavy atom. The summed E-state index contributed by atoms with van der Waals surface area (Å²) in [6.07, 6.45) is 4.38. The highest BCUT2D eigenvalue weighted by Gasteiger charge is 2.30. The van der Waals surface area contributed by atoms with Crippen molar-refractivity contribution in [2.24, 2.45) is 0 Å². The highest BCUT2D eigenvalue weighted by Crippen LogP contribution is 2.30. The maximum atomic E-state index is 14.2. The molecule has 2 aliphatic heterocycles. The summed E-state index contributed by atoms with van der Waals surface area (Å²) >= 11 is 0. The van der Waals surface area contributed by atoms with Crippen LogP contribution in [0.4, 0.5) is 10.1 Å². The number of para-hydroxylation sites is 1. The van der Waals surface area contributed by atoms with Crippen molar-refractivity contribution in [1.82, 2.24) is 14.8 Å². The van der Waals surface area contributed by atoms with Gasteiger partial charge in [-0.2, -0.15) is 0 Å². The number of hydrogen-bond donors (Lipinski definition) is 0. The van der Waals surface area contributed by atoms with Crippen molar-refractivity contribution in [1.29, 1.82) is 0 Å². The van der Waals surface area contributed by atoms with Crippen LogP contribution in [-0.2, 0) is 0 Å². The number of piperazine rings is 1. The molecule has 0 N–H and O–H groups in total. The SMILES string of the molecule is O=C(c1ccccc1-c1ocnc1C(=O)N1CCN(c2ccccc2F)CC1)N1CCCCC1. The zero-order valence-corrected chi connectivity index (χ0v) is 19.0. The van der Waals surface area contributed by atoms with Gasteiger partial charge in [-0.25, -0.2) is 9.37 Å². The molecule has 8 heteroatoms. The maximum Gasteiger partial charge on any atom is 0.276 e. The van der Waals surface area contributed by atoms with Gasteiger partial charge in [0.2, 0.25) is 0 Å². The molecular weight excluding hydrogens is 435 g/mol. The average molecular weight is 463 g/mol. The number of likely N-dealkylation sites (tertiary alicyclic amines) is 1. The summed E-state index contributed by atoms with van der Waals surface area (Å²) in [5.41, 5.74) is 1.82. The fourth-order valence-electron chi connectivity index (χ4n) is 4.73. The van der Waals surface area contributed by atoms with Gasteiger partial charge < -0.3 is 19.1 Å². The second kappa shape index (κ2) is 9.67. The Labute approximate surface area is 197 Å². The van der Waals surface area contributed by atoms with Crippen LogP contribution in [-0.4, -0.2) is 65.9 Å². The molecule has 0 radical (unpaired) electrons. The molecule has 176 valence electrons. The minimum Gasteiger partial charge on any atom is -0.443 e. The number of carbonyl (C=O) groups excluding carboxylic acids is 2. The van der Waals surface area contributed by atoms with Gasteiger partial charge in [-0.3, -0.25) is 9.59 Å². The standard InChI is InChI=1S/C26H27FN4O3/c27-21-10-4-5-11-22(21)29-14-16-31(17-15-29)26(33)23-24(34-18-28-23)19-8-2-3-9-20(19)25(32)30-12-6-1-7-13-30/h2-5,8-11,18H,1,6-7,12-17H2. The van der Waals surface area contributed by atoms with Gasteiger partial charge in [-0.05, 0) is 37.5 Å². The lowest BCUT2D eigenvalue weighted by atomic mass is 10.0. The Morgan fingerprint density at radius 1 is 0.794 bits per heavy atom. The Morgan fingerprint density at radius 3 is 2.24 bits per heavy atom. The number of benzene rings is 2. The Bertz CT molecular complexity index is 1180. The first-order chi connectivity index (χ1) is 16.6. The minimum atomic E-state index is -0.268. The Hall–Kier alpha value is -3.68. The summed E-state index contributed by atoms with van der Waals surface area (Å²) in [5, 5.41) is 0. The predicted octanol–water partition coefficient (Wildman–Crippen LogP) is 4.07. The highest BCUT2D eigenvalue weighted by atomic mass is 19.1. The molecule has 3 heterocycles. The fourth-order valence-corrected chi connectivity index (χ4v) is 4.73. The van der Waals surface area contributed by atoms with Crippen LogP contribution in [0.1, 0.15) is 40.1 Å². The van der Waals surface area contributed by atoms with E-state index < -0.39 is 0 Å². The van der Waals surface area contributed by atoms with E-state index in [0.29, 0.717) is 48.8 Å². The average Bonchev–Trinajstić information content (AvgIpc) is 3.39. The number of nitrogens with zero attached hydrogens (tertiary/aromatic N) is 4. The zero-order valence-electron chi connectivity index (χ0n) is 19.0. The van der Waals surface area contributed by atoms with E-state index in [-0.39, 0.29) is 23.3 Å². The highest BCUT2D eigenvalue weighted by molar-refractivity contribution is 6.04. The molecule has 0 bridgehead atoms. The summed E-state index contributed by atoms with van der Waals surface area (Å²) in [7, 11) is 0. The number of anilines is 1. The Balaban J connectivity index is 1.35. The quantitative estimate of drug-likeness (QED) is 0.585. The summed E-state index contributed by atoms with van der Waals surface area (Å²) in [4.78, 5) is 36.3. The summed E-state index contributed by atoms with van der Waals surface area (Å²) in [6, 6.07) is 13.9. The van der Waals surface area contributed by atoms with Gasteiger partial charge in [0.1, 0.15) is 5.82 Å². The molecule has 2 aliphatic rings. The van der Waals surface area contributed by atoms with Gasteiger partial charge in [-0.1, -0.05) is 30.3 Å². The minimum absolute atomic E-state index is 0.0522. The molecule has 2 fully saturated rings. The van der Waals surface area contributed by atoms with Crippen molar-refractivity contribution in [3.63, 3.8) is 0 Å². The number of hydrogen-bond acceptors (Lipinski definition) is 5. The number of oxazole rings is 1. The topological polar surface area (TPSA) is 69.9 Å². The maximum absolute atomic E-state index is 14.2. The smallest absolute Gasteiger partial charge is 0.276 e. The van der Waals surface area contributed by atoms with E-state index in [1.54, 1.807) is 35.2 Å².